The summed E-state index contributed by atoms with van der Waals surface area (Å²) in [5.74, 6) is 0.284. The molecule has 56 heavy (non-hydrogen) atoms. The molecule has 1 aliphatic rings. The largest absolute Gasteiger partial charge is 0.490 e. The van der Waals surface area contributed by atoms with E-state index in [1.165, 1.54) is 5.56 Å². The van der Waals surface area contributed by atoms with Crippen LogP contribution in [0.5, 0.6) is 5.75 Å². The van der Waals surface area contributed by atoms with Crippen LogP contribution in [0.3, 0.4) is 0 Å². The molecule has 0 bridgehead atoms. The number of aliphatic hydroxyl groups excluding tert-OH is 1. The summed E-state index contributed by atoms with van der Waals surface area (Å²) in [6.07, 6.45) is 0. The summed E-state index contributed by atoms with van der Waals surface area (Å²) >= 11 is 4.74. The van der Waals surface area contributed by atoms with Gasteiger partial charge in [-0.1, -0.05) is 30.3 Å². The molecule has 1 N–H and O–H groups in total. The predicted molar refractivity (Wildman–Crippen MR) is 231 cm³/mol. The first kappa shape index (κ1) is 44.3. The Bertz CT molecular complexity index is 1880. The van der Waals surface area contributed by atoms with Crippen molar-refractivity contribution in [3.05, 3.63) is 118 Å². The number of rotatable bonds is 24. The Hall–Kier alpha value is -2.80. The highest BCUT2D eigenvalue weighted by Crippen LogP contribution is 2.57. The summed E-state index contributed by atoms with van der Waals surface area (Å²) in [6, 6.07) is 22.9. The molecule has 4 aromatic rings. The van der Waals surface area contributed by atoms with Gasteiger partial charge in [0.15, 0.2) is 11.6 Å². The molecule has 300 valence electrons. The highest BCUT2D eigenvalue weighted by atomic mass is 127. The number of methoxy groups -OCH3 is 1. The van der Waals surface area contributed by atoms with Crippen LogP contribution in [0.4, 0.5) is 0 Å². The van der Waals surface area contributed by atoms with E-state index in [1.807, 2.05) is 30.3 Å². The molecule has 4 aromatic carbocycles. The van der Waals surface area contributed by atoms with Crippen molar-refractivity contribution >= 4 is 56.7 Å². The Morgan fingerprint density at radius 3 is 1.84 bits per heavy atom. The lowest BCUT2D eigenvalue weighted by molar-refractivity contribution is 0.00443. The first-order valence-electron chi connectivity index (χ1n) is 18.7. The molecule has 1 atom stereocenters. The zero-order chi connectivity index (χ0) is 40.1. The number of ether oxygens (including phenoxy) is 7. The Labute approximate surface area is 356 Å². The maximum absolute atomic E-state index is 13.4. The topological polar surface area (TPSA) is 119 Å². The van der Waals surface area contributed by atoms with Crippen LogP contribution in [0.15, 0.2) is 66.7 Å². The summed E-state index contributed by atoms with van der Waals surface area (Å²) in [5.41, 5.74) is 8.26. The molecular formula is C44H50I2O10. The number of carbonyl (C=O) groups excluding carboxylic acids is 2. The third-order valence-corrected chi connectivity index (χ3v) is 11.5. The number of ketones is 2. The normalized spacial score (nSPS) is 14.5. The third-order valence-electron chi connectivity index (χ3n) is 9.62. The second kappa shape index (κ2) is 21.8. The van der Waals surface area contributed by atoms with Gasteiger partial charge in [0.1, 0.15) is 12.4 Å². The number of carbonyl (C=O) groups is 2. The molecule has 0 aliphatic heterocycles. The number of Topliss-reactive ketones (excluding diaryl/α,β-unsaturated/α-hetero) is 2. The van der Waals surface area contributed by atoms with Gasteiger partial charge >= 0.3 is 0 Å². The van der Waals surface area contributed by atoms with Gasteiger partial charge in [-0.05, 0) is 147 Å². The van der Waals surface area contributed by atoms with Crippen molar-refractivity contribution in [3.63, 3.8) is 0 Å². The summed E-state index contributed by atoms with van der Waals surface area (Å²) in [4.78, 5) is 26.8. The molecule has 0 radical (unpaired) electrons. The van der Waals surface area contributed by atoms with Gasteiger partial charge in [0.05, 0.1) is 90.3 Å². The minimum Gasteiger partial charge on any atom is -0.490 e. The molecular weight excluding hydrogens is 942 g/mol. The fraction of sp³-hybridized carbons (Fsp3) is 0.409. The quantitative estimate of drug-likeness (QED) is 0.0377. The SMILES string of the molecule is COCCOCCOCCOc1ccc(C2(c3ccc(COCCOCCOCCO)c(C(C)=O)c3)c3cc(I)ccc3-c3cc(C)c(I)cc32)cc1C(C)=O. The van der Waals surface area contributed by atoms with Crippen molar-refractivity contribution in [3.8, 4) is 16.9 Å². The lowest BCUT2D eigenvalue weighted by Crippen LogP contribution is -2.30. The first-order chi connectivity index (χ1) is 27.1. The van der Waals surface area contributed by atoms with Crippen LogP contribution in [0.2, 0.25) is 0 Å². The van der Waals surface area contributed by atoms with E-state index in [-0.39, 0.29) is 38.0 Å². The minimum absolute atomic E-state index is 0.0241. The lowest BCUT2D eigenvalue weighted by Gasteiger charge is -2.35. The van der Waals surface area contributed by atoms with Gasteiger partial charge in [-0.15, -0.1) is 0 Å². The van der Waals surface area contributed by atoms with Crippen LogP contribution in [0, 0.1) is 14.1 Å². The molecule has 12 heteroatoms. The van der Waals surface area contributed by atoms with Crippen molar-refractivity contribution in [1.82, 2.24) is 0 Å². The summed E-state index contributed by atoms with van der Waals surface area (Å²) in [5, 5.41) is 8.85. The number of benzene rings is 4. The molecule has 1 aliphatic carbocycles. The third kappa shape index (κ3) is 10.6. The molecule has 0 aromatic heterocycles. The summed E-state index contributed by atoms with van der Waals surface area (Å²) in [7, 11) is 1.63. The highest BCUT2D eigenvalue weighted by Gasteiger charge is 2.47. The molecule has 10 nitrogen and oxygen atoms in total. The second-order valence-corrected chi connectivity index (χ2v) is 15.8. The van der Waals surface area contributed by atoms with Gasteiger partial charge in [0, 0.05) is 19.8 Å². The Balaban J connectivity index is 1.52. The molecule has 0 saturated heterocycles. The van der Waals surface area contributed by atoms with E-state index in [4.69, 9.17) is 38.3 Å². The summed E-state index contributed by atoms with van der Waals surface area (Å²) < 4.78 is 41.3. The zero-order valence-corrected chi connectivity index (χ0v) is 36.7. The van der Waals surface area contributed by atoms with Crippen molar-refractivity contribution in [2.45, 2.75) is 32.8 Å². The Kier molecular flexibility index (Phi) is 17.3. The Morgan fingerprint density at radius 2 is 1.20 bits per heavy atom. The number of hydrogen-bond acceptors (Lipinski definition) is 10. The van der Waals surface area contributed by atoms with Crippen LogP contribution < -0.4 is 4.74 Å². The smallest absolute Gasteiger partial charge is 0.163 e. The van der Waals surface area contributed by atoms with Gasteiger partial charge in [-0.25, -0.2) is 0 Å². The molecule has 1 unspecified atom stereocenters. The Morgan fingerprint density at radius 1 is 0.625 bits per heavy atom. The number of halogens is 2. The van der Waals surface area contributed by atoms with Crippen molar-refractivity contribution in [2.24, 2.45) is 0 Å². The van der Waals surface area contributed by atoms with Crippen molar-refractivity contribution in [1.29, 1.82) is 0 Å². The number of fused-ring (bicyclic) bond motifs is 3. The van der Waals surface area contributed by atoms with Crippen LogP contribution >= 0.6 is 45.2 Å². The maximum Gasteiger partial charge on any atom is 0.163 e. The standard InChI is InChI=1S/C44H50I2O10/c1-29-23-39-36-9-8-35(45)26-40(36)44(41(39)27-42(29)46,33-6-5-32(37(24-33)30(2)48)28-55-20-19-53-16-15-51-12-11-47)34-7-10-43(38(25-34)31(3)49)56-22-21-54-18-17-52-14-13-50-4/h5-10,23-27,47H,11-22,28H2,1-4H3. The molecule has 0 fully saturated rings. The van der Waals surface area contributed by atoms with E-state index in [0.717, 1.165) is 46.1 Å². The number of aryl methyl sites for hydroxylation is 1. The van der Waals surface area contributed by atoms with Gasteiger partial charge in [0.2, 0.25) is 0 Å². The van der Waals surface area contributed by atoms with Crippen molar-refractivity contribution < 1.29 is 47.9 Å². The van der Waals surface area contributed by atoms with Crippen LogP contribution in [-0.4, -0.2) is 103 Å². The molecule has 5 rings (SSSR count). The van der Waals surface area contributed by atoms with Crippen LogP contribution in [0.1, 0.15) is 67.9 Å². The minimum atomic E-state index is -0.871. The predicted octanol–water partition coefficient (Wildman–Crippen LogP) is 7.57. The van der Waals surface area contributed by atoms with Crippen LogP contribution in [0.25, 0.3) is 11.1 Å². The second-order valence-electron chi connectivity index (χ2n) is 13.3. The van der Waals surface area contributed by atoms with E-state index in [0.29, 0.717) is 76.3 Å². The monoisotopic (exact) mass is 992 g/mol. The number of aliphatic hydroxyl groups is 1. The summed E-state index contributed by atoms with van der Waals surface area (Å²) in [6.45, 7) is 9.78. The fourth-order valence-corrected chi connectivity index (χ4v) is 7.96. The zero-order valence-electron chi connectivity index (χ0n) is 32.4. The number of hydrogen-bond donors (Lipinski definition) is 1. The van der Waals surface area contributed by atoms with Crippen LogP contribution in [-0.2, 0) is 40.4 Å². The highest BCUT2D eigenvalue weighted by molar-refractivity contribution is 14.1. The van der Waals surface area contributed by atoms with Gasteiger partial charge < -0.3 is 38.3 Å². The van der Waals surface area contributed by atoms with Crippen molar-refractivity contribution in [2.75, 3.05) is 86.4 Å². The average Bonchev–Trinajstić information content (AvgIpc) is 3.45. The lowest BCUT2D eigenvalue weighted by atomic mass is 9.66. The molecule has 0 spiro atoms. The van der Waals surface area contributed by atoms with E-state index in [2.05, 4.69) is 88.5 Å². The van der Waals surface area contributed by atoms with E-state index in [1.54, 1.807) is 21.0 Å². The first-order valence-corrected chi connectivity index (χ1v) is 20.8. The van der Waals surface area contributed by atoms with E-state index < -0.39 is 5.41 Å². The van der Waals surface area contributed by atoms with E-state index in [9.17, 15) is 9.59 Å². The van der Waals surface area contributed by atoms with E-state index >= 15 is 0 Å². The fourth-order valence-electron chi connectivity index (χ4n) is 7.00. The molecule has 0 saturated carbocycles. The molecule has 0 heterocycles. The van der Waals surface area contributed by atoms with Gasteiger partial charge in [-0.2, -0.15) is 0 Å². The average molecular weight is 993 g/mol. The van der Waals surface area contributed by atoms with Gasteiger partial charge in [-0.3, -0.25) is 9.59 Å². The maximum atomic E-state index is 13.4. The van der Waals surface area contributed by atoms with Gasteiger partial charge in [0.25, 0.3) is 0 Å². The molecule has 0 amide bonds.